The van der Waals surface area contributed by atoms with Gasteiger partial charge in [0.15, 0.2) is 0 Å². The zero-order valence-electron chi connectivity index (χ0n) is 14.7. The first-order chi connectivity index (χ1) is 8.68. The van der Waals surface area contributed by atoms with Gasteiger partial charge in [-0.05, 0) is 19.1 Å². The van der Waals surface area contributed by atoms with Gasteiger partial charge >= 0.3 is 7.82 Å². The Morgan fingerprint density at radius 2 is 1.15 bits per heavy atom. The van der Waals surface area contributed by atoms with Crippen LogP contribution in [0.25, 0.3) is 0 Å². The molecule has 0 aliphatic carbocycles. The van der Waals surface area contributed by atoms with Crippen molar-refractivity contribution in [2.24, 2.45) is 0 Å². The molecule has 0 aliphatic rings. The van der Waals surface area contributed by atoms with Crippen LogP contribution < -0.4 is 0 Å². The van der Waals surface area contributed by atoms with Crippen LogP contribution in [0.1, 0.15) is 6.92 Å². The molecule has 0 aromatic heterocycles. The highest BCUT2D eigenvalue weighted by atomic mass is 31.2. The van der Waals surface area contributed by atoms with Crippen LogP contribution in [0, 0.1) is 0 Å². The van der Waals surface area contributed by atoms with Crippen molar-refractivity contribution in [2.45, 2.75) is 65.3 Å². The van der Waals surface area contributed by atoms with Gasteiger partial charge in [0.05, 0.1) is 16.1 Å². The lowest BCUT2D eigenvalue weighted by molar-refractivity contribution is 0.187. The third-order valence-electron chi connectivity index (χ3n) is 2.52. The van der Waals surface area contributed by atoms with Crippen molar-refractivity contribution in [3.8, 4) is 0 Å². The normalized spacial score (nSPS) is 14.7. The quantitative estimate of drug-likeness (QED) is 0.424. The van der Waals surface area contributed by atoms with Crippen LogP contribution in [0.3, 0.4) is 0 Å². The Bertz CT molecular complexity index is 326. The van der Waals surface area contributed by atoms with E-state index in [1.165, 1.54) is 0 Å². The van der Waals surface area contributed by atoms with Crippen molar-refractivity contribution in [2.75, 3.05) is 12.5 Å². The van der Waals surface area contributed by atoms with E-state index in [9.17, 15) is 4.57 Å². The Balaban J connectivity index is 4.89. The summed E-state index contributed by atoms with van der Waals surface area (Å²) in [6, 6.07) is 0.892. The van der Waals surface area contributed by atoms with Crippen molar-refractivity contribution in [3.05, 3.63) is 0 Å². The smallest absolute Gasteiger partial charge is 0.330 e. The molecule has 0 heterocycles. The third-order valence-corrected chi connectivity index (χ3v) is 10.5. The Kier molecular flexibility index (Phi) is 7.63. The first-order valence-corrected chi connectivity index (χ1v) is 19.3. The standard InChI is InChI=1S/C12H33O4PSi3/c1-10-20(8,9)16-17(13,14-11-18(2,3)4)15-12-19(5,6)7/h10-12H2,1-9H3. The molecule has 4 nitrogen and oxygen atoms in total. The molecule has 0 amide bonds. The van der Waals surface area contributed by atoms with Crippen LogP contribution >= 0.6 is 7.82 Å². The average Bonchev–Trinajstić information content (AvgIpc) is 2.22. The molecule has 0 radical (unpaired) electrons. The summed E-state index contributed by atoms with van der Waals surface area (Å²) in [5, 5.41) is 0. The predicted octanol–water partition coefficient (Wildman–Crippen LogP) is 5.12. The largest absolute Gasteiger partial charge is 0.464 e. The van der Waals surface area contributed by atoms with E-state index in [2.05, 4.69) is 59.3 Å². The SMILES string of the molecule is CC[Si](C)(C)OP(=O)(OC[Si](C)(C)C)OC[Si](C)(C)C. The third kappa shape index (κ3) is 10.5. The summed E-state index contributed by atoms with van der Waals surface area (Å²) >= 11 is 0. The second-order valence-electron chi connectivity index (χ2n) is 8.32. The van der Waals surface area contributed by atoms with Gasteiger partial charge in [-0.15, -0.1) is 0 Å². The molecule has 0 atom stereocenters. The minimum absolute atomic E-state index is 0.504. The zero-order chi connectivity index (χ0) is 16.2. The molecule has 20 heavy (non-hydrogen) atoms. The van der Waals surface area contributed by atoms with E-state index in [-0.39, 0.29) is 0 Å². The molecule has 122 valence electrons. The van der Waals surface area contributed by atoms with Gasteiger partial charge in [-0.25, -0.2) is 4.57 Å². The van der Waals surface area contributed by atoms with Crippen LogP contribution in [0.5, 0.6) is 0 Å². The van der Waals surface area contributed by atoms with Crippen LogP contribution in [0.15, 0.2) is 0 Å². The Hall–Kier alpha value is 0.761. The van der Waals surface area contributed by atoms with Crippen molar-refractivity contribution in [3.63, 3.8) is 0 Å². The van der Waals surface area contributed by atoms with E-state index in [0.717, 1.165) is 6.04 Å². The molecule has 8 heteroatoms. The van der Waals surface area contributed by atoms with E-state index in [0.29, 0.717) is 12.5 Å². The molecule has 0 N–H and O–H groups in total. The summed E-state index contributed by atoms with van der Waals surface area (Å²) in [5.74, 6) is 0. The lowest BCUT2D eigenvalue weighted by atomic mass is 11.0. The monoisotopic (exact) mass is 356 g/mol. The van der Waals surface area contributed by atoms with E-state index in [1.54, 1.807) is 0 Å². The highest BCUT2D eigenvalue weighted by Crippen LogP contribution is 2.53. The second kappa shape index (κ2) is 7.35. The van der Waals surface area contributed by atoms with Crippen LogP contribution in [0.2, 0.25) is 58.4 Å². The molecule has 0 unspecified atom stereocenters. The summed E-state index contributed by atoms with van der Waals surface area (Å²) in [7, 11) is -8.32. The molecule has 0 saturated carbocycles. The number of phosphoric ester groups is 1. The number of hydrogen-bond acceptors (Lipinski definition) is 4. The fourth-order valence-electron chi connectivity index (χ4n) is 1.00. The minimum Gasteiger partial charge on any atom is -0.330 e. The van der Waals surface area contributed by atoms with E-state index in [1.807, 2.05) is 0 Å². The predicted molar refractivity (Wildman–Crippen MR) is 95.3 cm³/mol. The highest BCUT2D eigenvalue weighted by molar-refractivity contribution is 7.50. The van der Waals surface area contributed by atoms with Crippen LogP contribution in [0.4, 0.5) is 0 Å². The van der Waals surface area contributed by atoms with Crippen molar-refractivity contribution < 1.29 is 17.8 Å². The Morgan fingerprint density at radius 1 is 0.800 bits per heavy atom. The molecule has 0 aromatic rings. The zero-order valence-corrected chi connectivity index (χ0v) is 18.6. The Morgan fingerprint density at radius 3 is 1.40 bits per heavy atom. The Labute approximate surface area is 128 Å². The lowest BCUT2D eigenvalue weighted by Gasteiger charge is -2.30. The number of rotatable bonds is 9. The van der Waals surface area contributed by atoms with Gasteiger partial charge < -0.3 is 4.21 Å². The van der Waals surface area contributed by atoms with Gasteiger partial charge in [0.1, 0.15) is 0 Å². The first kappa shape index (κ1) is 20.8. The van der Waals surface area contributed by atoms with E-state index < -0.39 is 32.3 Å². The molecular weight excluding hydrogens is 323 g/mol. The summed E-state index contributed by atoms with van der Waals surface area (Å²) in [6.07, 6.45) is 1.01. The van der Waals surface area contributed by atoms with Crippen molar-refractivity contribution in [1.82, 2.24) is 0 Å². The van der Waals surface area contributed by atoms with Gasteiger partial charge in [0.2, 0.25) is 8.32 Å². The molecule has 0 saturated heterocycles. The molecular formula is C12H33O4PSi3. The van der Waals surface area contributed by atoms with Gasteiger partial charge in [0.25, 0.3) is 0 Å². The summed E-state index contributed by atoms with van der Waals surface area (Å²) in [5.41, 5.74) is 0. The molecule has 0 aliphatic heterocycles. The summed E-state index contributed by atoms with van der Waals surface area (Å²) in [4.78, 5) is 0. The first-order valence-electron chi connectivity index (χ1n) is 7.28. The number of hydrogen-bond donors (Lipinski definition) is 0. The maximum atomic E-state index is 12.9. The maximum absolute atomic E-state index is 12.9. The maximum Gasteiger partial charge on any atom is 0.464 e. The van der Waals surface area contributed by atoms with Crippen LogP contribution in [-0.4, -0.2) is 36.9 Å². The average molecular weight is 357 g/mol. The molecule has 0 aromatic carbocycles. The van der Waals surface area contributed by atoms with Crippen molar-refractivity contribution >= 4 is 32.3 Å². The van der Waals surface area contributed by atoms with Gasteiger partial charge in [-0.3, -0.25) is 9.05 Å². The van der Waals surface area contributed by atoms with Gasteiger partial charge in [-0.2, -0.15) is 0 Å². The summed E-state index contributed by atoms with van der Waals surface area (Å²) in [6.45, 7) is 19.2. The summed E-state index contributed by atoms with van der Waals surface area (Å²) < 4.78 is 30.1. The lowest BCUT2D eigenvalue weighted by Crippen LogP contribution is -2.34. The van der Waals surface area contributed by atoms with Gasteiger partial charge in [-0.1, -0.05) is 46.2 Å². The van der Waals surface area contributed by atoms with Crippen LogP contribution in [-0.2, 0) is 17.8 Å². The fraction of sp³-hybridized carbons (Fsp3) is 1.00. The van der Waals surface area contributed by atoms with Gasteiger partial charge in [0, 0.05) is 12.5 Å². The topological polar surface area (TPSA) is 44.8 Å². The van der Waals surface area contributed by atoms with Crippen molar-refractivity contribution in [1.29, 1.82) is 0 Å². The number of phosphoric acid groups is 1. The van der Waals surface area contributed by atoms with E-state index in [4.69, 9.17) is 13.3 Å². The minimum atomic E-state index is -3.42. The van der Waals surface area contributed by atoms with E-state index >= 15 is 0 Å². The molecule has 0 rings (SSSR count). The molecule has 0 fully saturated rings. The highest BCUT2D eigenvalue weighted by Gasteiger charge is 2.38. The molecule has 0 spiro atoms. The molecule has 0 bridgehead atoms. The fourth-order valence-corrected chi connectivity index (χ4v) is 8.80. The second-order valence-corrected chi connectivity index (χ2v) is 25.5.